The minimum atomic E-state index is -0.141. The molecule has 2 aromatic carbocycles. The lowest BCUT2D eigenvalue weighted by Gasteiger charge is -2.25. The molecular weight excluding hydrogens is 314 g/mol. The van der Waals surface area contributed by atoms with Crippen molar-refractivity contribution in [1.29, 1.82) is 0 Å². The molecule has 0 aliphatic carbocycles. The summed E-state index contributed by atoms with van der Waals surface area (Å²) >= 11 is 0. The maximum atomic E-state index is 11.9. The fourth-order valence-corrected chi connectivity index (χ4v) is 2.64. The van der Waals surface area contributed by atoms with Crippen LogP contribution in [-0.2, 0) is 4.79 Å². The average molecular weight is 331 g/mol. The number of aryl methyl sites for hydroxylation is 1. The molecule has 3 aromatic rings. The molecule has 0 unspecified atom stereocenters. The molecule has 124 valence electrons. The lowest BCUT2D eigenvalue weighted by molar-refractivity contribution is -0.111. The van der Waals surface area contributed by atoms with Crippen LogP contribution in [-0.4, -0.2) is 21.3 Å². The number of imidazole rings is 1. The molecule has 0 atom stereocenters. The standard InChI is InChI=1S/C19H17N5O/c1-13-8-10-16(11-9-13)24-19-20-17(15-6-4-3-5-7-15)12-23(19)21-18(22-24)14(2)25/h3-12H,1-2H3,(H,21,22). The molecule has 2 heterocycles. The van der Waals surface area contributed by atoms with E-state index < -0.39 is 0 Å². The molecule has 0 radical (unpaired) electrons. The van der Waals surface area contributed by atoms with Crippen LogP contribution in [0.4, 0.5) is 11.6 Å². The summed E-state index contributed by atoms with van der Waals surface area (Å²) in [7, 11) is 0. The van der Waals surface area contributed by atoms with Gasteiger partial charge in [-0.05, 0) is 19.1 Å². The van der Waals surface area contributed by atoms with E-state index in [0.717, 1.165) is 22.5 Å². The first kappa shape index (κ1) is 15.1. The van der Waals surface area contributed by atoms with Crippen molar-refractivity contribution in [3.8, 4) is 11.3 Å². The first-order valence-corrected chi connectivity index (χ1v) is 8.00. The minimum Gasteiger partial charge on any atom is -0.291 e. The zero-order valence-electron chi connectivity index (χ0n) is 14.0. The Morgan fingerprint density at radius 1 is 1.04 bits per heavy atom. The molecule has 1 N–H and O–H groups in total. The van der Waals surface area contributed by atoms with Crippen LogP contribution in [0.3, 0.4) is 0 Å². The Hall–Kier alpha value is -3.41. The van der Waals surface area contributed by atoms with Crippen LogP contribution >= 0.6 is 0 Å². The third-order valence-electron chi connectivity index (χ3n) is 3.98. The molecule has 0 saturated heterocycles. The predicted molar refractivity (Wildman–Crippen MR) is 98.5 cm³/mol. The van der Waals surface area contributed by atoms with E-state index in [1.807, 2.05) is 67.7 Å². The van der Waals surface area contributed by atoms with Gasteiger partial charge in [-0.25, -0.2) is 9.66 Å². The Labute approximate surface area is 145 Å². The number of amidine groups is 1. The summed E-state index contributed by atoms with van der Waals surface area (Å²) < 4.78 is 1.73. The lowest BCUT2D eigenvalue weighted by Crippen LogP contribution is -2.37. The van der Waals surface area contributed by atoms with Gasteiger partial charge in [0.2, 0.25) is 5.84 Å². The third-order valence-corrected chi connectivity index (χ3v) is 3.98. The van der Waals surface area contributed by atoms with E-state index in [1.54, 1.807) is 9.69 Å². The Kier molecular flexibility index (Phi) is 3.57. The first-order chi connectivity index (χ1) is 12.1. The molecule has 0 amide bonds. The number of hydrogen-bond acceptors (Lipinski definition) is 5. The molecule has 4 rings (SSSR count). The van der Waals surface area contributed by atoms with Crippen molar-refractivity contribution in [2.45, 2.75) is 13.8 Å². The molecule has 1 aliphatic heterocycles. The number of anilines is 2. The van der Waals surface area contributed by atoms with Crippen LogP contribution in [0.15, 0.2) is 65.9 Å². The summed E-state index contributed by atoms with van der Waals surface area (Å²) in [4.78, 5) is 16.6. The molecule has 1 aromatic heterocycles. The van der Waals surface area contributed by atoms with Crippen molar-refractivity contribution in [1.82, 2.24) is 9.66 Å². The van der Waals surface area contributed by atoms with Gasteiger partial charge in [0.25, 0.3) is 5.95 Å². The van der Waals surface area contributed by atoms with E-state index in [1.165, 1.54) is 6.92 Å². The van der Waals surface area contributed by atoms with Crippen LogP contribution in [0, 0.1) is 6.92 Å². The Bertz CT molecular complexity index is 957. The van der Waals surface area contributed by atoms with Gasteiger partial charge in [-0.1, -0.05) is 48.0 Å². The summed E-state index contributed by atoms with van der Waals surface area (Å²) in [6.45, 7) is 3.51. The van der Waals surface area contributed by atoms with Crippen molar-refractivity contribution in [2.75, 3.05) is 10.4 Å². The SMILES string of the molecule is CC(=O)C1=NN(c2ccc(C)cc2)c2nc(-c3ccccc3)cn2N1. The van der Waals surface area contributed by atoms with Crippen molar-refractivity contribution in [3.63, 3.8) is 0 Å². The van der Waals surface area contributed by atoms with Crippen LogP contribution in [0.25, 0.3) is 11.3 Å². The smallest absolute Gasteiger partial charge is 0.251 e. The zero-order chi connectivity index (χ0) is 17.4. The number of carbonyl (C=O) groups is 1. The van der Waals surface area contributed by atoms with Gasteiger partial charge in [-0.15, -0.1) is 5.10 Å². The van der Waals surface area contributed by atoms with Gasteiger partial charge in [0.15, 0.2) is 5.78 Å². The van der Waals surface area contributed by atoms with Crippen molar-refractivity contribution in [2.24, 2.45) is 5.10 Å². The lowest BCUT2D eigenvalue weighted by atomic mass is 10.2. The number of benzene rings is 2. The molecule has 0 spiro atoms. The first-order valence-electron chi connectivity index (χ1n) is 8.00. The van der Waals surface area contributed by atoms with E-state index in [0.29, 0.717) is 5.95 Å². The normalized spacial score (nSPS) is 13.0. The number of fused-ring (bicyclic) bond motifs is 1. The highest BCUT2D eigenvalue weighted by Crippen LogP contribution is 2.30. The molecule has 6 nitrogen and oxygen atoms in total. The van der Waals surface area contributed by atoms with Gasteiger partial charge in [0.05, 0.1) is 17.6 Å². The van der Waals surface area contributed by atoms with Gasteiger partial charge in [0, 0.05) is 12.5 Å². The number of ketones is 1. The monoisotopic (exact) mass is 331 g/mol. The topological polar surface area (TPSA) is 62.5 Å². The fourth-order valence-electron chi connectivity index (χ4n) is 2.64. The van der Waals surface area contributed by atoms with E-state index in [-0.39, 0.29) is 11.6 Å². The van der Waals surface area contributed by atoms with Gasteiger partial charge in [-0.3, -0.25) is 10.2 Å². The number of nitrogens with one attached hydrogen (secondary N) is 1. The third kappa shape index (κ3) is 2.78. The highest BCUT2D eigenvalue weighted by molar-refractivity contribution is 6.41. The molecule has 0 fully saturated rings. The number of nitrogens with zero attached hydrogens (tertiary/aromatic N) is 4. The quantitative estimate of drug-likeness (QED) is 0.798. The predicted octanol–water partition coefficient (Wildman–Crippen LogP) is 3.46. The highest BCUT2D eigenvalue weighted by Gasteiger charge is 2.25. The van der Waals surface area contributed by atoms with Crippen LogP contribution < -0.4 is 10.4 Å². The van der Waals surface area contributed by atoms with Gasteiger partial charge in [0.1, 0.15) is 0 Å². The van der Waals surface area contributed by atoms with Gasteiger partial charge >= 0.3 is 0 Å². The number of Topliss-reactive ketones (excluding diaryl/α,β-unsaturated/α-hetero) is 1. The number of carbonyl (C=O) groups excluding carboxylic acids is 1. The Morgan fingerprint density at radius 3 is 2.44 bits per heavy atom. The molecule has 0 saturated carbocycles. The Balaban J connectivity index is 1.82. The second kappa shape index (κ2) is 5.90. The summed E-state index contributed by atoms with van der Waals surface area (Å²) in [5.41, 5.74) is 6.82. The highest BCUT2D eigenvalue weighted by atomic mass is 16.1. The number of hydrogen-bond donors (Lipinski definition) is 1. The van der Waals surface area contributed by atoms with E-state index >= 15 is 0 Å². The zero-order valence-corrected chi connectivity index (χ0v) is 14.0. The second-order valence-corrected chi connectivity index (χ2v) is 5.93. The van der Waals surface area contributed by atoms with Gasteiger partial charge in [-0.2, -0.15) is 5.01 Å². The van der Waals surface area contributed by atoms with Crippen LogP contribution in [0.2, 0.25) is 0 Å². The number of rotatable bonds is 3. The summed E-state index contributed by atoms with van der Waals surface area (Å²) in [6, 6.07) is 17.8. The minimum absolute atomic E-state index is 0.141. The molecular formula is C19H17N5O. The molecule has 1 aliphatic rings. The van der Waals surface area contributed by atoms with Crippen molar-refractivity contribution >= 4 is 23.3 Å². The largest absolute Gasteiger partial charge is 0.291 e. The molecule has 6 heteroatoms. The fraction of sp³-hybridized carbons (Fsp3) is 0.105. The van der Waals surface area contributed by atoms with Crippen LogP contribution in [0.5, 0.6) is 0 Å². The van der Waals surface area contributed by atoms with E-state index in [4.69, 9.17) is 4.98 Å². The van der Waals surface area contributed by atoms with Crippen molar-refractivity contribution < 1.29 is 4.79 Å². The summed E-state index contributed by atoms with van der Waals surface area (Å²) in [5.74, 6) is 0.732. The summed E-state index contributed by atoms with van der Waals surface area (Å²) in [6.07, 6.45) is 1.86. The van der Waals surface area contributed by atoms with E-state index in [9.17, 15) is 4.79 Å². The Morgan fingerprint density at radius 2 is 1.76 bits per heavy atom. The van der Waals surface area contributed by atoms with Gasteiger partial charge < -0.3 is 0 Å². The van der Waals surface area contributed by atoms with Crippen LogP contribution in [0.1, 0.15) is 12.5 Å². The number of hydrazone groups is 1. The average Bonchev–Trinajstić information content (AvgIpc) is 3.06. The second-order valence-electron chi connectivity index (χ2n) is 5.93. The summed E-state index contributed by atoms with van der Waals surface area (Å²) in [5, 5.41) is 6.12. The van der Waals surface area contributed by atoms with E-state index in [2.05, 4.69) is 10.5 Å². The molecule has 25 heavy (non-hydrogen) atoms. The maximum Gasteiger partial charge on any atom is 0.251 e. The number of aromatic nitrogens is 2. The maximum absolute atomic E-state index is 11.9. The van der Waals surface area contributed by atoms with Crippen molar-refractivity contribution in [3.05, 3.63) is 66.4 Å². The molecule has 0 bridgehead atoms.